The summed E-state index contributed by atoms with van der Waals surface area (Å²) in [5.41, 5.74) is 0.544. The van der Waals surface area contributed by atoms with Crippen LogP contribution in [0, 0.1) is 0 Å². The molecule has 1 N–H and O–H groups in total. The number of amides is 2. The summed E-state index contributed by atoms with van der Waals surface area (Å²) in [6.07, 6.45) is 2.44. The minimum absolute atomic E-state index is 0.0208. The molecular formula is C22H32N2O5. The van der Waals surface area contributed by atoms with Gasteiger partial charge < -0.3 is 19.7 Å². The van der Waals surface area contributed by atoms with E-state index < -0.39 is 5.97 Å². The summed E-state index contributed by atoms with van der Waals surface area (Å²) in [6, 6.07) is 9.35. The molecule has 1 aromatic carbocycles. The summed E-state index contributed by atoms with van der Waals surface area (Å²) < 4.78 is 10.0. The van der Waals surface area contributed by atoms with Crippen LogP contribution in [-0.4, -0.2) is 56.5 Å². The molecule has 0 aliphatic rings. The molecule has 0 atom stereocenters. The Morgan fingerprint density at radius 2 is 1.69 bits per heavy atom. The number of esters is 1. The van der Waals surface area contributed by atoms with Crippen molar-refractivity contribution in [3.05, 3.63) is 67.8 Å². The number of carbonyl (C=O) groups is 3. The zero-order valence-corrected chi connectivity index (χ0v) is 17.8. The largest absolute Gasteiger partial charge is 0.490 e. The van der Waals surface area contributed by atoms with E-state index in [0.717, 1.165) is 18.4 Å². The topological polar surface area (TPSA) is 84.9 Å². The zero-order valence-electron chi connectivity index (χ0n) is 17.8. The van der Waals surface area contributed by atoms with Gasteiger partial charge in [0.05, 0.1) is 0 Å². The molecule has 0 saturated heterocycles. The molecule has 0 saturated carbocycles. The van der Waals surface area contributed by atoms with Crippen molar-refractivity contribution in [1.82, 2.24) is 10.2 Å². The van der Waals surface area contributed by atoms with E-state index in [4.69, 9.17) is 9.47 Å². The Labute approximate surface area is 173 Å². The van der Waals surface area contributed by atoms with E-state index in [1.54, 1.807) is 25.9 Å². The van der Waals surface area contributed by atoms with E-state index in [1.165, 1.54) is 6.08 Å². The first kappa shape index (κ1) is 27.9. The van der Waals surface area contributed by atoms with Gasteiger partial charge in [-0.05, 0) is 32.1 Å². The van der Waals surface area contributed by atoms with Gasteiger partial charge in [-0.15, -0.1) is 0 Å². The van der Waals surface area contributed by atoms with Gasteiger partial charge in [0.15, 0.2) is 0 Å². The predicted molar refractivity (Wildman–Crippen MR) is 115 cm³/mol. The third kappa shape index (κ3) is 16.5. The van der Waals surface area contributed by atoms with E-state index in [1.807, 2.05) is 37.3 Å². The molecule has 0 aliphatic carbocycles. The summed E-state index contributed by atoms with van der Waals surface area (Å²) in [4.78, 5) is 33.1. The van der Waals surface area contributed by atoms with Crippen molar-refractivity contribution in [2.75, 3.05) is 33.9 Å². The van der Waals surface area contributed by atoms with E-state index in [-0.39, 0.29) is 18.4 Å². The van der Waals surface area contributed by atoms with Crippen molar-refractivity contribution in [2.45, 2.75) is 13.8 Å². The molecule has 0 heterocycles. The third-order valence-corrected chi connectivity index (χ3v) is 3.15. The standard InChI is InChI=1S/C11H12O3.C6H11NO.C5H9NO/c1-2-11(12)14-9-8-13-10-6-4-3-5-7-10;1-4-6(8)7(3)5-2;1-4(2)5(7)6-3/h2-7H,1,8-9H2;4H,1,5H2,2-3H3;1H2,2-3H3,(H,6,7). The molecule has 0 aliphatic heterocycles. The van der Waals surface area contributed by atoms with E-state index >= 15 is 0 Å². The Balaban J connectivity index is 0. The highest BCUT2D eigenvalue weighted by molar-refractivity contribution is 5.91. The van der Waals surface area contributed by atoms with Crippen LogP contribution in [0.5, 0.6) is 5.75 Å². The molecule has 1 rings (SSSR count). The predicted octanol–water partition coefficient (Wildman–Crippen LogP) is 2.75. The van der Waals surface area contributed by atoms with Crippen LogP contribution in [0.4, 0.5) is 0 Å². The number of ether oxygens (including phenoxy) is 2. The maximum absolute atomic E-state index is 10.6. The van der Waals surface area contributed by atoms with Crippen LogP contribution in [0.1, 0.15) is 13.8 Å². The van der Waals surface area contributed by atoms with Crippen molar-refractivity contribution in [2.24, 2.45) is 0 Å². The summed E-state index contributed by atoms with van der Waals surface area (Å²) in [6.45, 7) is 14.9. The van der Waals surface area contributed by atoms with Crippen LogP contribution in [0.2, 0.25) is 0 Å². The SMILES string of the molecule is C=C(C)C(=O)NC.C=CC(=O)N(C)CC.C=CC(=O)OCCOc1ccccc1. The van der Waals surface area contributed by atoms with Crippen molar-refractivity contribution in [1.29, 1.82) is 0 Å². The maximum Gasteiger partial charge on any atom is 0.330 e. The molecule has 2 amide bonds. The molecule has 1 aromatic rings. The lowest BCUT2D eigenvalue weighted by Crippen LogP contribution is -2.23. The Bertz CT molecular complexity index is 656. The first-order valence-corrected chi connectivity index (χ1v) is 8.95. The Hall–Kier alpha value is -3.35. The lowest BCUT2D eigenvalue weighted by atomic mass is 10.3. The number of rotatable bonds is 8. The van der Waals surface area contributed by atoms with Crippen molar-refractivity contribution >= 4 is 17.8 Å². The van der Waals surface area contributed by atoms with Crippen LogP contribution in [0.15, 0.2) is 67.8 Å². The normalized spacial score (nSPS) is 8.55. The quantitative estimate of drug-likeness (QED) is 0.409. The maximum atomic E-state index is 10.6. The number of nitrogens with zero attached hydrogens (tertiary/aromatic N) is 1. The minimum atomic E-state index is -0.429. The molecule has 0 unspecified atom stereocenters. The van der Waals surface area contributed by atoms with Gasteiger partial charge in [0.2, 0.25) is 11.8 Å². The lowest BCUT2D eigenvalue weighted by Gasteiger charge is -2.09. The molecular weight excluding hydrogens is 372 g/mol. The van der Waals surface area contributed by atoms with Gasteiger partial charge in [0.1, 0.15) is 19.0 Å². The molecule has 29 heavy (non-hydrogen) atoms. The molecule has 160 valence electrons. The second-order valence-corrected chi connectivity index (χ2v) is 5.45. The Morgan fingerprint density at radius 3 is 2.03 bits per heavy atom. The number of benzene rings is 1. The van der Waals surface area contributed by atoms with Crippen LogP contribution in [-0.2, 0) is 19.1 Å². The fourth-order valence-electron chi connectivity index (χ4n) is 1.40. The van der Waals surface area contributed by atoms with E-state index in [2.05, 4.69) is 25.1 Å². The number of hydrogen-bond donors (Lipinski definition) is 1. The molecule has 0 fully saturated rings. The molecule has 0 aromatic heterocycles. The van der Waals surface area contributed by atoms with Gasteiger partial charge in [0, 0.05) is 32.3 Å². The molecule has 0 spiro atoms. The highest BCUT2D eigenvalue weighted by Crippen LogP contribution is 2.07. The monoisotopic (exact) mass is 404 g/mol. The summed E-state index contributed by atoms with van der Waals surface area (Å²) in [7, 11) is 3.32. The second kappa shape index (κ2) is 18.0. The van der Waals surface area contributed by atoms with E-state index in [0.29, 0.717) is 12.2 Å². The van der Waals surface area contributed by atoms with Gasteiger partial charge in [-0.2, -0.15) is 0 Å². The molecule has 7 nitrogen and oxygen atoms in total. The third-order valence-electron chi connectivity index (χ3n) is 3.15. The highest BCUT2D eigenvalue weighted by Gasteiger charge is 1.97. The number of hydrogen-bond acceptors (Lipinski definition) is 5. The lowest BCUT2D eigenvalue weighted by molar-refractivity contribution is -0.138. The van der Waals surface area contributed by atoms with Crippen LogP contribution in [0.3, 0.4) is 0 Å². The average molecular weight is 405 g/mol. The fourth-order valence-corrected chi connectivity index (χ4v) is 1.40. The smallest absolute Gasteiger partial charge is 0.330 e. The van der Waals surface area contributed by atoms with Gasteiger partial charge in [-0.1, -0.05) is 37.9 Å². The molecule has 7 heteroatoms. The van der Waals surface area contributed by atoms with Gasteiger partial charge in [0.25, 0.3) is 0 Å². The van der Waals surface area contributed by atoms with E-state index in [9.17, 15) is 14.4 Å². The van der Waals surface area contributed by atoms with Crippen molar-refractivity contribution in [3.8, 4) is 5.75 Å². The van der Waals surface area contributed by atoms with Gasteiger partial charge in [-0.3, -0.25) is 9.59 Å². The Morgan fingerprint density at radius 1 is 1.10 bits per heavy atom. The first-order chi connectivity index (χ1) is 13.7. The van der Waals surface area contributed by atoms with Crippen LogP contribution < -0.4 is 10.1 Å². The van der Waals surface area contributed by atoms with Crippen molar-refractivity contribution < 1.29 is 23.9 Å². The number of nitrogens with one attached hydrogen (secondary N) is 1. The summed E-state index contributed by atoms with van der Waals surface area (Å²) in [5, 5.41) is 2.43. The molecule has 0 bridgehead atoms. The summed E-state index contributed by atoms with van der Waals surface area (Å²) >= 11 is 0. The Kier molecular flexibility index (Phi) is 17.3. The van der Waals surface area contributed by atoms with Gasteiger partial charge >= 0.3 is 5.97 Å². The minimum Gasteiger partial charge on any atom is -0.490 e. The van der Waals surface area contributed by atoms with Gasteiger partial charge in [-0.25, -0.2) is 4.79 Å². The number of carbonyl (C=O) groups excluding carboxylic acids is 3. The van der Waals surface area contributed by atoms with Crippen molar-refractivity contribution in [3.63, 3.8) is 0 Å². The summed E-state index contributed by atoms with van der Waals surface area (Å²) in [5.74, 6) is 0.219. The van der Waals surface area contributed by atoms with Crippen LogP contribution >= 0.6 is 0 Å². The van der Waals surface area contributed by atoms with Crippen LogP contribution in [0.25, 0.3) is 0 Å². The zero-order chi connectivity index (χ0) is 22.7. The number of likely N-dealkylation sites (N-methyl/N-ethyl adjacent to an activating group) is 2. The number of para-hydroxylation sites is 1. The second-order valence-electron chi connectivity index (χ2n) is 5.45. The average Bonchev–Trinajstić information content (AvgIpc) is 2.76. The fraction of sp³-hybridized carbons (Fsp3) is 0.318. The molecule has 0 radical (unpaired) electrons. The first-order valence-electron chi connectivity index (χ1n) is 8.95. The highest BCUT2D eigenvalue weighted by atomic mass is 16.6.